The van der Waals surface area contributed by atoms with Gasteiger partial charge in [-0.1, -0.05) is 6.07 Å². The first-order valence-corrected chi connectivity index (χ1v) is 6.35. The minimum atomic E-state index is 0.522. The Kier molecular flexibility index (Phi) is 4.13. The van der Waals surface area contributed by atoms with Crippen LogP contribution in [0.5, 0.6) is 0 Å². The highest BCUT2D eigenvalue weighted by Gasteiger charge is 2.41. The highest BCUT2D eigenvalue weighted by molar-refractivity contribution is 5.13. The molecule has 2 rings (SSSR count). The largest absolute Gasteiger partial charge is 0.385 e. The Balaban J connectivity index is 1.71. The molecule has 0 radical (unpaired) electrons. The zero-order valence-corrected chi connectivity index (χ0v) is 10.8. The predicted molar refractivity (Wildman–Crippen MR) is 68.8 cm³/mol. The molecular formula is C14H22N2O. The van der Waals surface area contributed by atoms with Gasteiger partial charge in [-0.3, -0.25) is 4.98 Å². The zero-order valence-electron chi connectivity index (χ0n) is 10.8. The van der Waals surface area contributed by atoms with Crippen molar-refractivity contribution in [2.24, 2.45) is 5.41 Å². The van der Waals surface area contributed by atoms with Crippen LogP contribution < -0.4 is 5.32 Å². The van der Waals surface area contributed by atoms with Gasteiger partial charge in [0.05, 0.1) is 0 Å². The monoisotopic (exact) mass is 234 g/mol. The van der Waals surface area contributed by atoms with Crippen molar-refractivity contribution in [2.45, 2.75) is 32.7 Å². The van der Waals surface area contributed by atoms with Crippen molar-refractivity contribution in [2.75, 3.05) is 20.3 Å². The van der Waals surface area contributed by atoms with Crippen molar-refractivity contribution in [3.05, 3.63) is 29.6 Å². The summed E-state index contributed by atoms with van der Waals surface area (Å²) in [6.45, 7) is 4.92. The molecule has 1 aliphatic rings. The Morgan fingerprint density at radius 1 is 1.41 bits per heavy atom. The topological polar surface area (TPSA) is 34.1 Å². The highest BCUT2D eigenvalue weighted by atomic mass is 16.5. The van der Waals surface area contributed by atoms with Crippen LogP contribution in [-0.2, 0) is 11.3 Å². The molecular weight excluding hydrogens is 212 g/mol. The fourth-order valence-electron chi connectivity index (χ4n) is 2.09. The first-order chi connectivity index (χ1) is 8.24. The first kappa shape index (κ1) is 12.5. The average molecular weight is 234 g/mol. The van der Waals surface area contributed by atoms with Crippen molar-refractivity contribution in [3.8, 4) is 0 Å². The quantitative estimate of drug-likeness (QED) is 0.786. The standard InChI is InChI=1S/C14H22N2O/c1-12-3-4-13(10-16-12)9-15-11-14(5-6-14)7-8-17-2/h3-4,10,15H,5-9,11H2,1-2H3. The van der Waals surface area contributed by atoms with Crippen molar-refractivity contribution < 1.29 is 4.74 Å². The molecule has 3 nitrogen and oxygen atoms in total. The third kappa shape index (κ3) is 3.79. The highest BCUT2D eigenvalue weighted by Crippen LogP contribution is 2.48. The third-order valence-electron chi connectivity index (χ3n) is 3.60. The van der Waals surface area contributed by atoms with Gasteiger partial charge in [0, 0.05) is 38.7 Å². The number of hydrogen-bond donors (Lipinski definition) is 1. The Morgan fingerprint density at radius 3 is 2.82 bits per heavy atom. The summed E-state index contributed by atoms with van der Waals surface area (Å²) in [4.78, 5) is 4.30. The van der Waals surface area contributed by atoms with E-state index in [4.69, 9.17) is 4.74 Å². The van der Waals surface area contributed by atoms with Gasteiger partial charge in [-0.2, -0.15) is 0 Å². The van der Waals surface area contributed by atoms with Gasteiger partial charge in [0.15, 0.2) is 0 Å². The van der Waals surface area contributed by atoms with Gasteiger partial charge in [0.25, 0.3) is 0 Å². The lowest BCUT2D eigenvalue weighted by atomic mass is 10.0. The molecule has 0 bridgehead atoms. The molecule has 1 fully saturated rings. The second-order valence-electron chi connectivity index (χ2n) is 5.15. The second-order valence-corrected chi connectivity index (χ2v) is 5.15. The molecule has 0 amide bonds. The van der Waals surface area contributed by atoms with E-state index in [0.29, 0.717) is 5.41 Å². The maximum absolute atomic E-state index is 5.16. The zero-order chi connectivity index (χ0) is 12.1. The van der Waals surface area contributed by atoms with Crippen LogP contribution in [0.15, 0.2) is 18.3 Å². The van der Waals surface area contributed by atoms with Crippen LogP contribution in [-0.4, -0.2) is 25.2 Å². The molecule has 1 aromatic rings. The molecule has 3 heteroatoms. The maximum Gasteiger partial charge on any atom is 0.0468 e. The summed E-state index contributed by atoms with van der Waals surface area (Å²) < 4.78 is 5.16. The number of rotatable bonds is 7. The second kappa shape index (κ2) is 5.61. The fourth-order valence-corrected chi connectivity index (χ4v) is 2.09. The van der Waals surface area contributed by atoms with Crippen LogP contribution >= 0.6 is 0 Å². The molecule has 94 valence electrons. The number of methoxy groups -OCH3 is 1. The lowest BCUT2D eigenvalue weighted by molar-refractivity contribution is 0.171. The summed E-state index contributed by atoms with van der Waals surface area (Å²) in [6.07, 6.45) is 5.82. The minimum absolute atomic E-state index is 0.522. The number of pyridine rings is 1. The molecule has 0 unspecified atom stereocenters. The van der Waals surface area contributed by atoms with Crippen molar-refractivity contribution in [3.63, 3.8) is 0 Å². The molecule has 0 atom stereocenters. The van der Waals surface area contributed by atoms with Crippen LogP contribution in [0.3, 0.4) is 0 Å². The smallest absolute Gasteiger partial charge is 0.0468 e. The Bertz CT molecular complexity index is 344. The van der Waals surface area contributed by atoms with Gasteiger partial charge < -0.3 is 10.1 Å². The molecule has 0 aliphatic heterocycles. The predicted octanol–water partition coefficient (Wildman–Crippen LogP) is 2.30. The molecule has 1 N–H and O–H groups in total. The van der Waals surface area contributed by atoms with E-state index in [2.05, 4.69) is 22.4 Å². The van der Waals surface area contributed by atoms with Crippen LogP contribution in [0, 0.1) is 12.3 Å². The van der Waals surface area contributed by atoms with Gasteiger partial charge >= 0.3 is 0 Å². The molecule has 1 saturated carbocycles. The molecule has 1 aromatic heterocycles. The van der Waals surface area contributed by atoms with Gasteiger partial charge in [0.2, 0.25) is 0 Å². The summed E-state index contributed by atoms with van der Waals surface area (Å²) in [5.41, 5.74) is 2.86. The SMILES string of the molecule is COCCC1(CNCc2ccc(C)nc2)CC1. The fraction of sp³-hybridized carbons (Fsp3) is 0.643. The lowest BCUT2D eigenvalue weighted by Gasteiger charge is -2.15. The van der Waals surface area contributed by atoms with E-state index >= 15 is 0 Å². The van der Waals surface area contributed by atoms with E-state index in [1.807, 2.05) is 13.1 Å². The number of aryl methyl sites for hydroxylation is 1. The van der Waals surface area contributed by atoms with E-state index in [1.54, 1.807) is 7.11 Å². The lowest BCUT2D eigenvalue weighted by Crippen LogP contribution is -2.24. The van der Waals surface area contributed by atoms with Gasteiger partial charge in [-0.05, 0) is 43.2 Å². The third-order valence-corrected chi connectivity index (χ3v) is 3.60. The van der Waals surface area contributed by atoms with Crippen molar-refractivity contribution in [1.82, 2.24) is 10.3 Å². The molecule has 17 heavy (non-hydrogen) atoms. The molecule has 0 saturated heterocycles. The van der Waals surface area contributed by atoms with E-state index < -0.39 is 0 Å². The molecule has 0 aromatic carbocycles. The summed E-state index contributed by atoms with van der Waals surface area (Å²) in [5.74, 6) is 0. The molecule has 1 aliphatic carbocycles. The number of aromatic nitrogens is 1. The number of hydrogen-bond acceptors (Lipinski definition) is 3. The number of nitrogens with one attached hydrogen (secondary N) is 1. The summed E-state index contributed by atoms with van der Waals surface area (Å²) >= 11 is 0. The summed E-state index contributed by atoms with van der Waals surface area (Å²) in [6, 6.07) is 4.21. The Morgan fingerprint density at radius 2 is 2.24 bits per heavy atom. The van der Waals surface area contributed by atoms with E-state index in [-0.39, 0.29) is 0 Å². The van der Waals surface area contributed by atoms with Crippen LogP contribution in [0.2, 0.25) is 0 Å². The van der Waals surface area contributed by atoms with Crippen LogP contribution in [0.1, 0.15) is 30.5 Å². The Hall–Kier alpha value is -0.930. The minimum Gasteiger partial charge on any atom is -0.385 e. The maximum atomic E-state index is 5.16. The molecule has 1 heterocycles. The first-order valence-electron chi connectivity index (χ1n) is 6.35. The van der Waals surface area contributed by atoms with Crippen LogP contribution in [0.25, 0.3) is 0 Å². The molecule has 0 spiro atoms. The van der Waals surface area contributed by atoms with E-state index in [9.17, 15) is 0 Å². The number of nitrogens with zero attached hydrogens (tertiary/aromatic N) is 1. The van der Waals surface area contributed by atoms with Crippen molar-refractivity contribution in [1.29, 1.82) is 0 Å². The Labute approximate surface area is 104 Å². The van der Waals surface area contributed by atoms with Crippen molar-refractivity contribution >= 4 is 0 Å². The van der Waals surface area contributed by atoms with Gasteiger partial charge in [0.1, 0.15) is 0 Å². The summed E-state index contributed by atoms with van der Waals surface area (Å²) in [7, 11) is 1.78. The van der Waals surface area contributed by atoms with Gasteiger partial charge in [-0.25, -0.2) is 0 Å². The van der Waals surface area contributed by atoms with Gasteiger partial charge in [-0.15, -0.1) is 0 Å². The average Bonchev–Trinajstić information content (AvgIpc) is 3.10. The van der Waals surface area contributed by atoms with E-state index in [0.717, 1.165) is 25.4 Å². The van der Waals surface area contributed by atoms with E-state index in [1.165, 1.54) is 24.8 Å². The number of ether oxygens (including phenoxy) is 1. The summed E-state index contributed by atoms with van der Waals surface area (Å²) in [5, 5.41) is 3.54. The van der Waals surface area contributed by atoms with Crippen LogP contribution in [0.4, 0.5) is 0 Å². The normalized spacial score (nSPS) is 17.1.